The lowest BCUT2D eigenvalue weighted by molar-refractivity contribution is 0.0342. The number of H-pyrrole nitrogens is 1. The van der Waals surface area contributed by atoms with Crippen molar-refractivity contribution >= 4 is 17.4 Å². The number of rotatable bonds is 5. The van der Waals surface area contributed by atoms with Gasteiger partial charge in [0, 0.05) is 42.0 Å². The molecule has 4 rings (SSSR count). The maximum Gasteiger partial charge on any atom is 0.132 e. The van der Waals surface area contributed by atoms with Gasteiger partial charge in [0.1, 0.15) is 11.5 Å². The van der Waals surface area contributed by atoms with Gasteiger partial charge in [0.05, 0.1) is 18.9 Å². The number of hydrogen-bond donors (Lipinski definition) is 2. The highest BCUT2D eigenvalue weighted by atomic mass is 35.5. The van der Waals surface area contributed by atoms with Gasteiger partial charge in [-0.2, -0.15) is 0 Å². The molecule has 3 heterocycles. The van der Waals surface area contributed by atoms with Gasteiger partial charge in [-0.3, -0.25) is 10.00 Å². The third-order valence-electron chi connectivity index (χ3n) is 5.21. The highest BCUT2D eigenvalue weighted by Crippen LogP contribution is 2.33. The lowest BCUT2D eigenvalue weighted by atomic mass is 9.99. The highest BCUT2D eigenvalue weighted by Gasteiger charge is 2.18. The first kappa shape index (κ1) is 19.8. The number of nitrogens with two attached hydrogens (primary N) is 1. The summed E-state index contributed by atoms with van der Waals surface area (Å²) < 4.78 is 5.42. The van der Waals surface area contributed by atoms with Gasteiger partial charge in [-0.1, -0.05) is 42.8 Å². The van der Waals surface area contributed by atoms with Crippen LogP contribution < -0.4 is 5.73 Å². The Morgan fingerprint density at radius 2 is 2.00 bits per heavy atom. The van der Waals surface area contributed by atoms with Crippen LogP contribution in [0.1, 0.15) is 31.0 Å². The van der Waals surface area contributed by atoms with Gasteiger partial charge in [-0.05, 0) is 29.2 Å². The Balaban J connectivity index is 1.63. The lowest BCUT2D eigenvalue weighted by Crippen LogP contribution is -2.35. The Hall–Kier alpha value is -2.48. The zero-order valence-corrected chi connectivity index (χ0v) is 17.4. The summed E-state index contributed by atoms with van der Waals surface area (Å²) in [6.07, 6.45) is 1.77. The van der Waals surface area contributed by atoms with Crippen LogP contribution in [0.15, 0.2) is 30.5 Å². The molecular formula is C21H25ClN6O. The molecule has 1 aliphatic rings. The van der Waals surface area contributed by atoms with E-state index >= 15 is 0 Å². The molecule has 0 atom stereocenters. The summed E-state index contributed by atoms with van der Waals surface area (Å²) in [7, 11) is 0. The summed E-state index contributed by atoms with van der Waals surface area (Å²) in [5.74, 6) is 0.677. The molecule has 8 heteroatoms. The van der Waals surface area contributed by atoms with E-state index in [2.05, 4.69) is 51.3 Å². The van der Waals surface area contributed by atoms with Gasteiger partial charge in [0.15, 0.2) is 0 Å². The number of halogens is 1. The van der Waals surface area contributed by atoms with Gasteiger partial charge < -0.3 is 10.5 Å². The van der Waals surface area contributed by atoms with E-state index in [1.165, 1.54) is 0 Å². The molecule has 0 bridgehead atoms. The van der Waals surface area contributed by atoms with Crippen LogP contribution in [-0.2, 0) is 11.3 Å². The number of nitrogens with one attached hydrogen (secondary N) is 1. The van der Waals surface area contributed by atoms with E-state index in [9.17, 15) is 0 Å². The van der Waals surface area contributed by atoms with E-state index in [1.54, 1.807) is 6.20 Å². The Bertz CT molecular complexity index is 997. The first-order valence-electron chi connectivity index (χ1n) is 9.78. The number of aromatic nitrogens is 4. The van der Waals surface area contributed by atoms with Crippen molar-refractivity contribution in [3.05, 3.63) is 46.7 Å². The molecule has 29 heavy (non-hydrogen) atoms. The van der Waals surface area contributed by atoms with Gasteiger partial charge in [0.2, 0.25) is 0 Å². The second-order valence-electron chi connectivity index (χ2n) is 7.58. The fourth-order valence-electron chi connectivity index (χ4n) is 3.52. The summed E-state index contributed by atoms with van der Waals surface area (Å²) in [5, 5.41) is 11.9. The van der Waals surface area contributed by atoms with Crippen LogP contribution in [0.2, 0.25) is 5.02 Å². The number of nitrogen functional groups attached to an aromatic ring is 1. The summed E-state index contributed by atoms with van der Waals surface area (Å²) in [6, 6.07) is 8.14. The second kappa shape index (κ2) is 8.49. The number of benzene rings is 1. The maximum atomic E-state index is 6.61. The summed E-state index contributed by atoms with van der Waals surface area (Å²) >= 11 is 6.61. The Labute approximate surface area is 175 Å². The van der Waals surface area contributed by atoms with E-state index in [0.29, 0.717) is 5.82 Å². The van der Waals surface area contributed by atoms with Crippen molar-refractivity contribution in [1.29, 1.82) is 0 Å². The van der Waals surface area contributed by atoms with Crippen molar-refractivity contribution in [3.8, 4) is 22.4 Å². The minimum absolute atomic E-state index is 0.247. The monoisotopic (exact) mass is 412 g/mol. The molecular weight excluding hydrogens is 388 g/mol. The van der Waals surface area contributed by atoms with Gasteiger partial charge in [-0.15, -0.1) is 5.10 Å². The Morgan fingerprint density at radius 3 is 2.72 bits per heavy atom. The molecule has 0 saturated carbocycles. The van der Waals surface area contributed by atoms with Crippen LogP contribution >= 0.6 is 11.6 Å². The van der Waals surface area contributed by atoms with Crippen LogP contribution in [-0.4, -0.2) is 51.6 Å². The van der Waals surface area contributed by atoms with E-state index in [0.717, 1.165) is 71.5 Å². The predicted molar refractivity (Wildman–Crippen MR) is 115 cm³/mol. The first-order valence-corrected chi connectivity index (χ1v) is 10.2. The molecule has 1 fully saturated rings. The van der Waals surface area contributed by atoms with Crippen molar-refractivity contribution in [2.45, 2.75) is 26.3 Å². The number of nitrogens with zero attached hydrogens (tertiary/aromatic N) is 4. The lowest BCUT2D eigenvalue weighted by Gasteiger charge is -2.27. The smallest absolute Gasteiger partial charge is 0.132 e. The molecule has 0 unspecified atom stereocenters. The molecule has 1 aromatic carbocycles. The van der Waals surface area contributed by atoms with E-state index in [-0.39, 0.29) is 5.92 Å². The molecule has 2 aromatic heterocycles. The Morgan fingerprint density at radius 1 is 1.21 bits per heavy atom. The van der Waals surface area contributed by atoms with E-state index < -0.39 is 0 Å². The molecule has 0 spiro atoms. The zero-order valence-electron chi connectivity index (χ0n) is 16.7. The zero-order chi connectivity index (χ0) is 20.4. The number of ether oxygens (including phenoxy) is 1. The fraction of sp³-hybridized carbons (Fsp3) is 0.381. The van der Waals surface area contributed by atoms with Crippen LogP contribution in [0.3, 0.4) is 0 Å². The topological polar surface area (TPSA) is 93.0 Å². The number of anilines is 1. The molecule has 3 N–H and O–H groups in total. The Kier molecular flexibility index (Phi) is 5.80. The van der Waals surface area contributed by atoms with Crippen molar-refractivity contribution in [2.75, 3.05) is 32.0 Å². The van der Waals surface area contributed by atoms with Crippen molar-refractivity contribution < 1.29 is 4.74 Å². The number of hydrogen-bond acceptors (Lipinski definition) is 6. The molecule has 1 saturated heterocycles. The molecule has 0 aliphatic carbocycles. The van der Waals surface area contributed by atoms with Crippen molar-refractivity contribution in [2.24, 2.45) is 0 Å². The third-order valence-corrected chi connectivity index (χ3v) is 5.56. The fourth-order valence-corrected chi connectivity index (χ4v) is 3.76. The van der Waals surface area contributed by atoms with Crippen molar-refractivity contribution in [3.63, 3.8) is 0 Å². The van der Waals surface area contributed by atoms with Crippen molar-refractivity contribution in [1.82, 2.24) is 25.3 Å². The number of pyridine rings is 1. The largest absolute Gasteiger partial charge is 0.383 e. The van der Waals surface area contributed by atoms with Crippen LogP contribution in [0, 0.1) is 0 Å². The number of morpholine rings is 1. The summed E-state index contributed by atoms with van der Waals surface area (Å²) in [5.41, 5.74) is 11.6. The van der Waals surface area contributed by atoms with E-state index in [4.69, 9.17) is 22.1 Å². The molecule has 1 aliphatic heterocycles. The van der Waals surface area contributed by atoms with Gasteiger partial charge in [-0.25, -0.2) is 4.98 Å². The number of aromatic amines is 1. The molecule has 3 aromatic rings. The average molecular weight is 413 g/mol. The molecule has 0 radical (unpaired) electrons. The minimum Gasteiger partial charge on any atom is -0.383 e. The second-order valence-corrected chi connectivity index (χ2v) is 7.99. The van der Waals surface area contributed by atoms with Gasteiger partial charge in [0.25, 0.3) is 0 Å². The molecule has 152 valence electrons. The first-order chi connectivity index (χ1) is 14.0. The SMILES string of the molecule is CC(C)c1[nH]nnc1-c1cc(-c2ccc(CN3CCOCC3)c(Cl)c2)cnc1N. The maximum absolute atomic E-state index is 6.61. The summed E-state index contributed by atoms with van der Waals surface area (Å²) in [4.78, 5) is 6.74. The predicted octanol–water partition coefficient (Wildman–Crippen LogP) is 3.72. The quantitative estimate of drug-likeness (QED) is 0.663. The average Bonchev–Trinajstić information content (AvgIpc) is 3.21. The molecule has 7 nitrogen and oxygen atoms in total. The van der Waals surface area contributed by atoms with Gasteiger partial charge >= 0.3 is 0 Å². The van der Waals surface area contributed by atoms with Crippen LogP contribution in [0.4, 0.5) is 5.82 Å². The minimum atomic E-state index is 0.247. The van der Waals surface area contributed by atoms with Crippen LogP contribution in [0.5, 0.6) is 0 Å². The highest BCUT2D eigenvalue weighted by molar-refractivity contribution is 6.31. The summed E-state index contributed by atoms with van der Waals surface area (Å²) in [6.45, 7) is 8.40. The van der Waals surface area contributed by atoms with Crippen LogP contribution in [0.25, 0.3) is 22.4 Å². The molecule has 0 amide bonds. The van der Waals surface area contributed by atoms with E-state index in [1.807, 2.05) is 12.1 Å². The standard InChI is InChI=1S/C21H25ClN6O/c1-13(2)19-20(26-27-25-19)17-9-16(11-24-21(17)23)14-3-4-15(18(22)10-14)12-28-5-7-29-8-6-28/h3-4,9-11,13H,5-8,12H2,1-2H3,(H2,23,24)(H,25,26,27). The third kappa shape index (κ3) is 4.27. The normalized spacial score (nSPS) is 15.2.